The van der Waals surface area contributed by atoms with E-state index in [1.54, 1.807) is 4.90 Å². The van der Waals surface area contributed by atoms with Crippen molar-refractivity contribution in [3.63, 3.8) is 0 Å². The fourth-order valence-corrected chi connectivity index (χ4v) is 2.03. The third-order valence-corrected chi connectivity index (χ3v) is 3.12. The van der Waals surface area contributed by atoms with E-state index in [0.717, 1.165) is 45.3 Å². The van der Waals surface area contributed by atoms with Crippen LogP contribution in [0.3, 0.4) is 0 Å². The van der Waals surface area contributed by atoms with Crippen LogP contribution in [0.2, 0.25) is 0 Å². The van der Waals surface area contributed by atoms with E-state index in [9.17, 15) is 9.59 Å². The first-order valence-corrected chi connectivity index (χ1v) is 6.27. The Morgan fingerprint density at radius 1 is 1.29 bits per heavy atom. The number of likely N-dealkylation sites (N-methyl/N-ethyl adjacent to an activating group) is 1. The number of rotatable bonds is 6. The van der Waals surface area contributed by atoms with Crippen molar-refractivity contribution in [1.82, 2.24) is 9.80 Å². The van der Waals surface area contributed by atoms with Crippen molar-refractivity contribution in [3.05, 3.63) is 0 Å². The molecule has 0 aromatic rings. The molecule has 1 amide bonds. The van der Waals surface area contributed by atoms with Gasteiger partial charge >= 0.3 is 5.97 Å². The Morgan fingerprint density at radius 2 is 2.06 bits per heavy atom. The lowest BCUT2D eigenvalue weighted by Gasteiger charge is -2.18. The van der Waals surface area contributed by atoms with Gasteiger partial charge in [0.05, 0.1) is 6.54 Å². The van der Waals surface area contributed by atoms with Crippen LogP contribution < -0.4 is 0 Å². The Bertz CT molecular complexity index is 268. The molecule has 98 valence electrons. The third kappa shape index (κ3) is 5.68. The Kier molecular flexibility index (Phi) is 5.97. The van der Waals surface area contributed by atoms with Crippen LogP contribution in [0.4, 0.5) is 0 Å². The average Bonchev–Trinajstić information content (AvgIpc) is 2.41. The second-order valence-corrected chi connectivity index (χ2v) is 4.65. The molecule has 5 heteroatoms. The predicted octanol–water partition coefficient (Wildman–Crippen LogP) is 0.795. The van der Waals surface area contributed by atoms with Crippen LogP contribution in [-0.2, 0) is 9.59 Å². The quantitative estimate of drug-likeness (QED) is 0.700. The van der Waals surface area contributed by atoms with Gasteiger partial charge in [-0.1, -0.05) is 6.42 Å². The summed E-state index contributed by atoms with van der Waals surface area (Å²) < 4.78 is 0. The predicted molar refractivity (Wildman–Crippen MR) is 64.8 cm³/mol. The number of hydrogen-bond donors (Lipinski definition) is 1. The summed E-state index contributed by atoms with van der Waals surface area (Å²) >= 11 is 0. The Morgan fingerprint density at radius 3 is 2.76 bits per heavy atom. The summed E-state index contributed by atoms with van der Waals surface area (Å²) in [6, 6.07) is 0. The molecule has 0 radical (unpaired) electrons. The molecule has 1 aliphatic heterocycles. The van der Waals surface area contributed by atoms with Gasteiger partial charge in [0.25, 0.3) is 0 Å². The van der Waals surface area contributed by atoms with Crippen LogP contribution in [0.1, 0.15) is 32.1 Å². The van der Waals surface area contributed by atoms with E-state index >= 15 is 0 Å². The highest BCUT2D eigenvalue weighted by Gasteiger charge is 2.17. The first-order valence-electron chi connectivity index (χ1n) is 6.27. The summed E-state index contributed by atoms with van der Waals surface area (Å²) in [6.07, 6.45) is 3.91. The van der Waals surface area contributed by atoms with Crippen LogP contribution in [0.15, 0.2) is 0 Å². The molecular weight excluding hydrogens is 220 g/mol. The number of hydrogen-bond acceptors (Lipinski definition) is 3. The Hall–Kier alpha value is -1.10. The van der Waals surface area contributed by atoms with Gasteiger partial charge in [0.2, 0.25) is 5.91 Å². The number of nitrogens with zero attached hydrogens (tertiary/aromatic N) is 2. The fraction of sp³-hybridized carbons (Fsp3) is 0.833. The molecule has 17 heavy (non-hydrogen) atoms. The lowest BCUT2D eigenvalue weighted by molar-refractivity contribution is -0.137. The van der Waals surface area contributed by atoms with Crippen LogP contribution in [0.5, 0.6) is 0 Å². The van der Waals surface area contributed by atoms with Crippen LogP contribution in [0, 0.1) is 0 Å². The summed E-state index contributed by atoms with van der Waals surface area (Å²) in [4.78, 5) is 25.9. The molecule has 1 heterocycles. The van der Waals surface area contributed by atoms with Gasteiger partial charge in [-0.3, -0.25) is 14.5 Å². The standard InChI is InChI=1S/C12H22N2O3/c1-13-7-5-9-14(10-11(13)15)8-4-2-3-6-12(16)17/h2-10H2,1H3,(H,16,17). The van der Waals surface area contributed by atoms with E-state index in [4.69, 9.17) is 5.11 Å². The largest absolute Gasteiger partial charge is 0.481 e. The van der Waals surface area contributed by atoms with Crippen molar-refractivity contribution in [2.75, 3.05) is 33.2 Å². The zero-order valence-corrected chi connectivity index (χ0v) is 10.5. The summed E-state index contributed by atoms with van der Waals surface area (Å²) in [6.45, 7) is 3.22. The molecule has 1 N–H and O–H groups in total. The van der Waals surface area contributed by atoms with E-state index in [1.807, 2.05) is 7.05 Å². The molecule has 0 aliphatic carbocycles. The van der Waals surface area contributed by atoms with Crippen molar-refractivity contribution in [3.8, 4) is 0 Å². The number of amides is 1. The normalized spacial score (nSPS) is 18.2. The molecule has 0 unspecified atom stereocenters. The van der Waals surface area contributed by atoms with E-state index in [-0.39, 0.29) is 12.3 Å². The van der Waals surface area contributed by atoms with Gasteiger partial charge in [0.1, 0.15) is 0 Å². The molecule has 0 spiro atoms. The van der Waals surface area contributed by atoms with Gasteiger partial charge in [-0.25, -0.2) is 0 Å². The smallest absolute Gasteiger partial charge is 0.303 e. The molecule has 0 bridgehead atoms. The summed E-state index contributed by atoms with van der Waals surface area (Å²) in [5.74, 6) is -0.537. The summed E-state index contributed by atoms with van der Waals surface area (Å²) in [5.41, 5.74) is 0. The Balaban J connectivity index is 2.14. The van der Waals surface area contributed by atoms with Gasteiger partial charge in [-0.2, -0.15) is 0 Å². The molecule has 5 nitrogen and oxygen atoms in total. The van der Waals surface area contributed by atoms with Crippen molar-refractivity contribution in [2.45, 2.75) is 32.1 Å². The molecule has 0 aromatic heterocycles. The minimum atomic E-state index is -0.725. The molecule has 0 aromatic carbocycles. The molecular formula is C12H22N2O3. The summed E-state index contributed by atoms with van der Waals surface area (Å²) in [5, 5.41) is 8.50. The minimum absolute atomic E-state index is 0.188. The van der Waals surface area contributed by atoms with E-state index in [1.165, 1.54) is 0 Å². The van der Waals surface area contributed by atoms with Gasteiger partial charge in [-0.05, 0) is 25.8 Å². The number of carbonyl (C=O) groups excluding carboxylic acids is 1. The first kappa shape index (κ1) is 14.0. The number of carbonyl (C=O) groups is 2. The van der Waals surface area contributed by atoms with Crippen molar-refractivity contribution in [2.24, 2.45) is 0 Å². The molecule has 0 saturated carbocycles. The number of unbranched alkanes of at least 4 members (excludes halogenated alkanes) is 2. The number of carboxylic acids is 1. The van der Waals surface area contributed by atoms with Crippen molar-refractivity contribution < 1.29 is 14.7 Å². The Labute approximate surface area is 102 Å². The maximum atomic E-state index is 11.6. The SMILES string of the molecule is CN1CCCN(CCCCCC(=O)O)CC1=O. The second-order valence-electron chi connectivity index (χ2n) is 4.65. The summed E-state index contributed by atoms with van der Waals surface area (Å²) in [7, 11) is 1.85. The van der Waals surface area contributed by atoms with Crippen LogP contribution in [0.25, 0.3) is 0 Å². The molecule has 1 saturated heterocycles. The highest BCUT2D eigenvalue weighted by Crippen LogP contribution is 2.06. The van der Waals surface area contributed by atoms with Crippen LogP contribution >= 0.6 is 0 Å². The van der Waals surface area contributed by atoms with E-state index < -0.39 is 5.97 Å². The third-order valence-electron chi connectivity index (χ3n) is 3.12. The lowest BCUT2D eigenvalue weighted by Crippen LogP contribution is -2.34. The topological polar surface area (TPSA) is 60.9 Å². The molecule has 1 fully saturated rings. The minimum Gasteiger partial charge on any atom is -0.481 e. The maximum absolute atomic E-state index is 11.6. The molecule has 1 aliphatic rings. The monoisotopic (exact) mass is 242 g/mol. The van der Waals surface area contributed by atoms with Gasteiger partial charge < -0.3 is 10.0 Å². The van der Waals surface area contributed by atoms with Gasteiger partial charge in [0.15, 0.2) is 0 Å². The number of carboxylic acid groups (broad SMARTS) is 1. The first-order chi connectivity index (χ1) is 8.09. The number of aliphatic carboxylic acids is 1. The molecule has 0 atom stereocenters. The van der Waals surface area contributed by atoms with E-state index in [2.05, 4.69) is 4.90 Å². The van der Waals surface area contributed by atoms with Crippen molar-refractivity contribution in [1.29, 1.82) is 0 Å². The van der Waals surface area contributed by atoms with Crippen LogP contribution in [-0.4, -0.2) is 60.0 Å². The average molecular weight is 242 g/mol. The zero-order valence-electron chi connectivity index (χ0n) is 10.5. The zero-order chi connectivity index (χ0) is 12.7. The highest BCUT2D eigenvalue weighted by molar-refractivity contribution is 5.78. The fourth-order valence-electron chi connectivity index (χ4n) is 2.03. The second kappa shape index (κ2) is 7.27. The van der Waals surface area contributed by atoms with E-state index in [0.29, 0.717) is 6.54 Å². The van der Waals surface area contributed by atoms with Gasteiger partial charge in [-0.15, -0.1) is 0 Å². The lowest BCUT2D eigenvalue weighted by atomic mass is 10.2. The molecule has 1 rings (SSSR count). The highest BCUT2D eigenvalue weighted by atomic mass is 16.4. The van der Waals surface area contributed by atoms with Crippen molar-refractivity contribution >= 4 is 11.9 Å². The van der Waals surface area contributed by atoms with Gasteiger partial charge in [0, 0.05) is 26.6 Å². The maximum Gasteiger partial charge on any atom is 0.303 e.